The third-order valence-corrected chi connectivity index (χ3v) is 2.37. The standard InChI is InChI=1S/C6H14NO3P/c1-5-2-3-10-6(4-5)7-11(8)9/h5-9H,2-4H2,1H3/p+2. The number of hydrogen-bond acceptors (Lipinski definition) is 2. The summed E-state index contributed by atoms with van der Waals surface area (Å²) in [7, 11) is -1.52. The predicted molar refractivity (Wildman–Crippen MR) is 45.4 cm³/mol. The van der Waals surface area contributed by atoms with E-state index in [9.17, 15) is 0 Å². The van der Waals surface area contributed by atoms with Gasteiger partial charge in [-0.1, -0.05) is 6.92 Å². The van der Waals surface area contributed by atoms with Crippen LogP contribution in [-0.4, -0.2) is 22.6 Å². The van der Waals surface area contributed by atoms with Gasteiger partial charge in [0, 0.05) is 6.61 Å². The molecule has 5 heteroatoms. The van der Waals surface area contributed by atoms with Gasteiger partial charge in [-0.25, -0.2) is 0 Å². The Morgan fingerprint density at radius 3 is 2.82 bits per heavy atom. The van der Waals surface area contributed by atoms with Crippen LogP contribution in [0.2, 0.25) is 0 Å². The first-order valence-corrected chi connectivity index (χ1v) is 5.13. The summed E-state index contributed by atoms with van der Waals surface area (Å²) in [5.74, 6) is 0.663. The molecule has 0 aromatic heterocycles. The van der Waals surface area contributed by atoms with Crippen molar-refractivity contribution in [2.45, 2.75) is 26.0 Å². The molecule has 2 atom stereocenters. The van der Waals surface area contributed by atoms with E-state index in [2.05, 4.69) is 12.0 Å². The van der Waals surface area contributed by atoms with Gasteiger partial charge in [0.2, 0.25) is 0 Å². The largest absolute Gasteiger partial charge is 0.641 e. The van der Waals surface area contributed by atoms with E-state index in [1.807, 2.05) is 0 Å². The second-order valence-corrected chi connectivity index (χ2v) is 3.88. The van der Waals surface area contributed by atoms with Gasteiger partial charge in [-0.15, -0.1) is 5.09 Å². The molecular formula is C6H16NO3P+2. The zero-order valence-corrected chi connectivity index (χ0v) is 7.53. The minimum atomic E-state index is -1.52. The Morgan fingerprint density at radius 2 is 2.27 bits per heavy atom. The third-order valence-electron chi connectivity index (χ3n) is 1.82. The summed E-state index contributed by atoms with van der Waals surface area (Å²) in [6.45, 7) is 2.94. The molecule has 1 saturated heterocycles. The highest BCUT2D eigenvalue weighted by atomic mass is 31.2. The molecular weight excluding hydrogens is 165 g/mol. The van der Waals surface area contributed by atoms with E-state index in [4.69, 9.17) is 14.5 Å². The van der Waals surface area contributed by atoms with Gasteiger partial charge in [-0.05, 0) is 18.8 Å². The molecule has 0 bridgehead atoms. The second kappa shape index (κ2) is 4.33. The molecule has 0 spiro atoms. The van der Waals surface area contributed by atoms with E-state index in [-0.39, 0.29) is 6.23 Å². The Kier molecular flexibility index (Phi) is 3.69. The average molecular weight is 181 g/mol. The van der Waals surface area contributed by atoms with Crippen LogP contribution in [0.1, 0.15) is 19.8 Å². The average Bonchev–Trinajstić information content (AvgIpc) is 1.85. The van der Waals surface area contributed by atoms with Crippen LogP contribution in [-0.2, 0) is 4.74 Å². The highest BCUT2D eigenvalue weighted by molar-refractivity contribution is 7.42. The van der Waals surface area contributed by atoms with E-state index >= 15 is 0 Å². The van der Waals surface area contributed by atoms with Crippen molar-refractivity contribution >= 4 is 8.53 Å². The molecule has 0 saturated carbocycles. The molecule has 0 aromatic rings. The van der Waals surface area contributed by atoms with Gasteiger partial charge >= 0.3 is 8.53 Å². The van der Waals surface area contributed by atoms with Gasteiger partial charge in [0.25, 0.3) is 0 Å². The fraction of sp³-hybridized carbons (Fsp3) is 1.00. The van der Waals surface area contributed by atoms with E-state index in [1.54, 1.807) is 0 Å². The first kappa shape index (κ1) is 9.36. The van der Waals surface area contributed by atoms with Crippen molar-refractivity contribution in [2.75, 3.05) is 6.61 Å². The molecule has 0 aromatic carbocycles. The monoisotopic (exact) mass is 181 g/mol. The smallest absolute Gasteiger partial charge is 0.363 e. The van der Waals surface area contributed by atoms with E-state index in [0.717, 1.165) is 19.4 Å². The number of ether oxygens (including phenoxy) is 1. The minimum Gasteiger partial charge on any atom is -0.363 e. The lowest BCUT2D eigenvalue weighted by atomic mass is 10.0. The maximum Gasteiger partial charge on any atom is 0.641 e. The van der Waals surface area contributed by atoms with Gasteiger partial charge in [0.1, 0.15) is 6.23 Å². The van der Waals surface area contributed by atoms with Crippen molar-refractivity contribution in [1.29, 1.82) is 0 Å². The van der Waals surface area contributed by atoms with Crippen LogP contribution in [0.25, 0.3) is 0 Å². The third kappa shape index (κ3) is 3.45. The van der Waals surface area contributed by atoms with Crippen LogP contribution in [0, 0.1) is 5.92 Å². The molecule has 1 rings (SSSR count). The van der Waals surface area contributed by atoms with Crippen LogP contribution in [0.4, 0.5) is 0 Å². The van der Waals surface area contributed by atoms with Gasteiger partial charge in [0.15, 0.2) is 0 Å². The number of nitrogens with one attached hydrogen (secondary N) is 1. The van der Waals surface area contributed by atoms with Gasteiger partial charge in [-0.3, -0.25) is 0 Å². The Bertz CT molecular complexity index is 120. The molecule has 5 N–H and O–H groups in total. The fourth-order valence-corrected chi connectivity index (χ4v) is 1.66. The normalized spacial score (nSPS) is 32.7. The van der Waals surface area contributed by atoms with Crippen molar-refractivity contribution in [3.8, 4) is 0 Å². The van der Waals surface area contributed by atoms with Crippen LogP contribution >= 0.6 is 8.53 Å². The molecule has 1 fully saturated rings. The summed E-state index contributed by atoms with van der Waals surface area (Å²) in [4.78, 5) is 14.0. The van der Waals surface area contributed by atoms with E-state index < -0.39 is 8.53 Å². The van der Waals surface area contributed by atoms with Crippen molar-refractivity contribution < 1.29 is 14.5 Å². The summed E-state index contributed by atoms with van der Waals surface area (Å²) in [5.41, 5.74) is 0. The van der Waals surface area contributed by atoms with E-state index in [0.29, 0.717) is 5.92 Å². The van der Waals surface area contributed by atoms with E-state index in [1.165, 1.54) is 0 Å². The Hall–Kier alpha value is 0.270. The van der Waals surface area contributed by atoms with Crippen molar-refractivity contribution in [2.24, 2.45) is 5.92 Å². The van der Waals surface area contributed by atoms with Crippen LogP contribution in [0.5, 0.6) is 0 Å². The second-order valence-electron chi connectivity index (χ2n) is 2.95. The SMILES string of the molecule is CC1CCOC(NP([OH2+])[OH2+])C1. The first-order chi connectivity index (χ1) is 5.18. The summed E-state index contributed by atoms with van der Waals surface area (Å²) < 4.78 is 5.32. The zero-order chi connectivity index (χ0) is 8.27. The number of rotatable bonds is 2. The molecule has 1 aliphatic heterocycles. The molecule has 0 radical (unpaired) electrons. The summed E-state index contributed by atoms with van der Waals surface area (Å²) in [6, 6.07) is 0. The maximum atomic E-state index is 7.02. The zero-order valence-electron chi connectivity index (χ0n) is 6.63. The van der Waals surface area contributed by atoms with Gasteiger partial charge in [-0.2, -0.15) is 0 Å². The number of hydrogen-bond donors (Lipinski definition) is 1. The molecule has 1 heterocycles. The maximum absolute atomic E-state index is 7.02. The summed E-state index contributed by atoms with van der Waals surface area (Å²) >= 11 is 0. The molecule has 11 heavy (non-hydrogen) atoms. The Labute approximate surface area is 67.5 Å². The molecule has 0 amide bonds. The minimum absolute atomic E-state index is 0.0418. The molecule has 0 aliphatic carbocycles. The molecule has 1 aliphatic rings. The van der Waals surface area contributed by atoms with Gasteiger partial charge in [0.05, 0.1) is 0 Å². The van der Waals surface area contributed by atoms with Gasteiger partial charge < -0.3 is 14.5 Å². The summed E-state index contributed by atoms with van der Waals surface area (Å²) in [5, 5.41) is 2.79. The topological polar surface area (TPSA) is 67.1 Å². The van der Waals surface area contributed by atoms with Crippen molar-refractivity contribution in [1.82, 2.24) is 5.09 Å². The summed E-state index contributed by atoms with van der Waals surface area (Å²) in [6.07, 6.45) is 2.00. The first-order valence-electron chi connectivity index (χ1n) is 3.79. The predicted octanol–water partition coefficient (Wildman–Crippen LogP) is 0.0247. The van der Waals surface area contributed by atoms with Crippen molar-refractivity contribution in [3.05, 3.63) is 0 Å². The lowest BCUT2D eigenvalue weighted by Gasteiger charge is -2.25. The Morgan fingerprint density at radius 1 is 1.55 bits per heavy atom. The quantitative estimate of drug-likeness (QED) is 0.482. The van der Waals surface area contributed by atoms with Crippen LogP contribution in [0.3, 0.4) is 0 Å². The Balaban J connectivity index is 2.23. The van der Waals surface area contributed by atoms with Crippen molar-refractivity contribution in [3.63, 3.8) is 0 Å². The molecule has 4 nitrogen and oxygen atoms in total. The highest BCUT2D eigenvalue weighted by Gasteiger charge is 2.26. The molecule has 66 valence electrons. The highest BCUT2D eigenvalue weighted by Crippen LogP contribution is 2.24. The molecule has 2 unspecified atom stereocenters. The van der Waals surface area contributed by atoms with Crippen LogP contribution < -0.4 is 5.09 Å². The lowest BCUT2D eigenvalue weighted by Crippen LogP contribution is -2.34. The lowest BCUT2D eigenvalue weighted by molar-refractivity contribution is -0.0129. The van der Waals surface area contributed by atoms with Crippen LogP contribution in [0.15, 0.2) is 0 Å². The fourth-order valence-electron chi connectivity index (χ4n) is 1.20.